The van der Waals surface area contributed by atoms with E-state index in [9.17, 15) is 18.0 Å². The molecule has 1 aromatic carbocycles. The van der Waals surface area contributed by atoms with Crippen LogP contribution in [0.25, 0.3) is 0 Å². The van der Waals surface area contributed by atoms with Crippen LogP contribution >= 0.6 is 27.3 Å². The van der Waals surface area contributed by atoms with E-state index in [-0.39, 0.29) is 17.2 Å². The van der Waals surface area contributed by atoms with Crippen molar-refractivity contribution in [1.29, 1.82) is 0 Å². The molecule has 0 aliphatic carbocycles. The van der Waals surface area contributed by atoms with E-state index in [2.05, 4.69) is 20.8 Å². The minimum Gasteiger partial charge on any atom is -0.379 e. The molecule has 2 amide bonds. The Bertz CT molecular complexity index is 1040. The molecule has 0 bridgehead atoms. The molecule has 1 unspecified atom stereocenters. The quantitative estimate of drug-likeness (QED) is 0.512. The summed E-state index contributed by atoms with van der Waals surface area (Å²) < 4.78 is 34.3. The number of rotatable bonds is 7. The van der Waals surface area contributed by atoms with Gasteiger partial charge in [-0.3, -0.25) is 14.5 Å². The molecule has 2 aromatic rings. The van der Waals surface area contributed by atoms with Gasteiger partial charge in [-0.05, 0) is 35.7 Å². The molecule has 8 nitrogen and oxygen atoms in total. The number of halogens is 1. The Morgan fingerprint density at radius 3 is 2.48 bits per heavy atom. The molecule has 0 N–H and O–H groups in total. The molecule has 0 radical (unpaired) electrons. The number of morpholine rings is 1. The van der Waals surface area contributed by atoms with Crippen LogP contribution in [0.15, 0.2) is 50.5 Å². The fourth-order valence-corrected chi connectivity index (χ4v) is 6.69. The second-order valence-corrected chi connectivity index (χ2v) is 11.2. The number of ether oxygens (including phenoxy) is 1. The van der Waals surface area contributed by atoms with Crippen LogP contribution < -0.4 is 4.90 Å². The first kappa shape index (κ1) is 22.6. The van der Waals surface area contributed by atoms with Gasteiger partial charge in [0.2, 0.25) is 5.91 Å². The van der Waals surface area contributed by atoms with Gasteiger partial charge in [-0.25, -0.2) is 13.3 Å². The Morgan fingerprint density at radius 1 is 1.13 bits per heavy atom. The predicted molar refractivity (Wildman–Crippen MR) is 121 cm³/mol. The molecule has 3 heterocycles. The van der Waals surface area contributed by atoms with Crippen LogP contribution in [-0.2, 0) is 24.3 Å². The molecule has 31 heavy (non-hydrogen) atoms. The Kier molecular flexibility index (Phi) is 6.89. The van der Waals surface area contributed by atoms with Crippen LogP contribution in [0, 0.1) is 0 Å². The van der Waals surface area contributed by atoms with Gasteiger partial charge in [0.15, 0.2) is 0 Å². The van der Waals surface area contributed by atoms with Gasteiger partial charge >= 0.3 is 0 Å². The minimum atomic E-state index is -3.92. The summed E-state index contributed by atoms with van der Waals surface area (Å²) in [5.74, 6) is -0.926. The van der Waals surface area contributed by atoms with Crippen molar-refractivity contribution in [2.45, 2.75) is 16.7 Å². The molecule has 0 spiro atoms. The van der Waals surface area contributed by atoms with E-state index in [0.717, 1.165) is 20.7 Å². The third-order valence-electron chi connectivity index (χ3n) is 5.35. The normalized spacial score (nSPS) is 20.7. The third kappa shape index (κ3) is 4.76. The summed E-state index contributed by atoms with van der Waals surface area (Å²) in [5, 5.41) is 1.68. The van der Waals surface area contributed by atoms with E-state index in [4.69, 9.17) is 4.74 Å². The van der Waals surface area contributed by atoms with Gasteiger partial charge in [0.25, 0.3) is 15.9 Å². The fourth-order valence-electron chi connectivity index (χ4n) is 3.74. The van der Waals surface area contributed by atoms with Gasteiger partial charge in [0.05, 0.1) is 25.3 Å². The first-order valence-corrected chi connectivity index (χ1v) is 13.0. The Labute approximate surface area is 193 Å². The average molecular weight is 528 g/mol. The van der Waals surface area contributed by atoms with Crippen molar-refractivity contribution < 1.29 is 22.7 Å². The van der Waals surface area contributed by atoms with E-state index in [0.29, 0.717) is 38.5 Å². The highest BCUT2D eigenvalue weighted by molar-refractivity contribution is 9.10. The van der Waals surface area contributed by atoms with Crippen LogP contribution in [0.1, 0.15) is 6.42 Å². The second kappa shape index (κ2) is 9.47. The van der Waals surface area contributed by atoms with Crippen molar-refractivity contribution in [2.75, 3.05) is 44.3 Å². The lowest BCUT2D eigenvalue weighted by Gasteiger charge is -2.31. The van der Waals surface area contributed by atoms with E-state index in [1.54, 1.807) is 35.7 Å². The molecular weight excluding hydrogens is 506 g/mol. The Balaban J connectivity index is 1.62. The van der Waals surface area contributed by atoms with E-state index in [1.165, 1.54) is 10.4 Å². The smallest absolute Gasteiger partial charge is 0.253 e. The number of carbonyl (C=O) groups excluding carboxylic acids is 2. The highest BCUT2D eigenvalue weighted by Gasteiger charge is 2.47. The van der Waals surface area contributed by atoms with Crippen LogP contribution in [-0.4, -0.2) is 74.9 Å². The van der Waals surface area contributed by atoms with Crippen LogP contribution in [0.5, 0.6) is 0 Å². The van der Waals surface area contributed by atoms with Crippen molar-refractivity contribution in [3.63, 3.8) is 0 Å². The van der Waals surface area contributed by atoms with Crippen LogP contribution in [0.4, 0.5) is 5.69 Å². The number of hydrogen-bond donors (Lipinski definition) is 0. The maximum atomic E-state index is 13.4. The highest BCUT2D eigenvalue weighted by atomic mass is 79.9. The number of benzene rings is 1. The molecule has 2 fully saturated rings. The van der Waals surface area contributed by atoms with Gasteiger partial charge < -0.3 is 4.74 Å². The lowest BCUT2D eigenvalue weighted by molar-refractivity contribution is -0.122. The molecule has 166 valence electrons. The minimum absolute atomic E-state index is 0.123. The topological polar surface area (TPSA) is 87.2 Å². The number of amides is 2. The monoisotopic (exact) mass is 527 g/mol. The third-order valence-corrected chi connectivity index (χ3v) is 9.16. The van der Waals surface area contributed by atoms with Crippen LogP contribution in [0.3, 0.4) is 0 Å². The fraction of sp³-hybridized carbons (Fsp3) is 0.400. The van der Waals surface area contributed by atoms with Gasteiger partial charge in [-0.1, -0.05) is 22.0 Å². The van der Waals surface area contributed by atoms with Crippen molar-refractivity contribution in [1.82, 2.24) is 9.21 Å². The molecule has 2 saturated heterocycles. The van der Waals surface area contributed by atoms with E-state index < -0.39 is 27.9 Å². The number of thiophene rings is 1. The second-order valence-electron chi connectivity index (χ2n) is 7.27. The Hall–Kier alpha value is -1.63. The Morgan fingerprint density at radius 2 is 1.84 bits per heavy atom. The lowest BCUT2D eigenvalue weighted by Crippen LogP contribution is -2.49. The molecular formula is C20H22BrN3O5S2. The largest absolute Gasteiger partial charge is 0.379 e. The van der Waals surface area contributed by atoms with Gasteiger partial charge in [-0.15, -0.1) is 11.3 Å². The zero-order valence-electron chi connectivity index (χ0n) is 16.6. The van der Waals surface area contributed by atoms with Crippen molar-refractivity contribution in [3.05, 3.63) is 46.3 Å². The number of hydrogen-bond acceptors (Lipinski definition) is 7. The predicted octanol–water partition coefficient (Wildman–Crippen LogP) is 2.17. The molecule has 2 aliphatic heterocycles. The summed E-state index contributed by atoms with van der Waals surface area (Å²) in [5.41, 5.74) is 0.433. The summed E-state index contributed by atoms with van der Waals surface area (Å²) in [7, 11) is -3.92. The van der Waals surface area contributed by atoms with E-state index in [1.807, 2.05) is 0 Å². The molecule has 0 saturated carbocycles. The molecule has 1 aromatic heterocycles. The van der Waals surface area contributed by atoms with Crippen LogP contribution in [0.2, 0.25) is 0 Å². The van der Waals surface area contributed by atoms with Crippen molar-refractivity contribution in [2.24, 2.45) is 0 Å². The number of anilines is 1. The van der Waals surface area contributed by atoms with Crippen molar-refractivity contribution in [3.8, 4) is 0 Å². The van der Waals surface area contributed by atoms with E-state index >= 15 is 0 Å². The first-order chi connectivity index (χ1) is 14.9. The SMILES string of the molecule is O=C1CC(N(CCN2CCOCC2)S(=O)(=O)c2cccs2)C(=O)N1c1ccc(Br)cc1. The van der Waals surface area contributed by atoms with Gasteiger partial charge in [0.1, 0.15) is 10.3 Å². The van der Waals surface area contributed by atoms with Gasteiger partial charge in [0, 0.05) is 30.7 Å². The maximum Gasteiger partial charge on any atom is 0.253 e. The van der Waals surface area contributed by atoms with Gasteiger partial charge in [-0.2, -0.15) is 4.31 Å². The molecule has 2 aliphatic rings. The first-order valence-electron chi connectivity index (χ1n) is 9.86. The van der Waals surface area contributed by atoms with Crippen molar-refractivity contribution >= 4 is 54.8 Å². The summed E-state index contributed by atoms with van der Waals surface area (Å²) in [6.45, 7) is 3.18. The molecule has 1 atom stereocenters. The zero-order chi connectivity index (χ0) is 22.0. The summed E-state index contributed by atoms with van der Waals surface area (Å²) in [4.78, 5) is 29.2. The molecule has 11 heteroatoms. The average Bonchev–Trinajstić information content (AvgIpc) is 3.39. The summed E-state index contributed by atoms with van der Waals surface area (Å²) in [6, 6.07) is 8.92. The standard InChI is InChI=1S/C20H22BrN3O5S2/c21-15-3-5-16(6-4-15)24-18(25)14-17(20(24)26)23(8-7-22-9-11-29-12-10-22)31(27,28)19-2-1-13-30-19/h1-6,13,17H,7-12,14H2. The highest BCUT2D eigenvalue weighted by Crippen LogP contribution is 2.31. The maximum absolute atomic E-state index is 13.4. The number of sulfonamides is 1. The number of nitrogens with zero attached hydrogens (tertiary/aromatic N) is 3. The number of imide groups is 1. The number of carbonyl (C=O) groups is 2. The summed E-state index contributed by atoms with van der Waals surface area (Å²) >= 11 is 4.44. The summed E-state index contributed by atoms with van der Waals surface area (Å²) in [6.07, 6.45) is -0.178. The zero-order valence-corrected chi connectivity index (χ0v) is 19.9. The lowest BCUT2D eigenvalue weighted by atomic mass is 10.2. The molecule has 4 rings (SSSR count).